The van der Waals surface area contributed by atoms with E-state index in [2.05, 4.69) is 11.7 Å². The molecule has 0 bridgehead atoms. The summed E-state index contributed by atoms with van der Waals surface area (Å²) in [5.74, 6) is -3.54. The number of rotatable bonds is 14. The molecule has 7 N–H and O–H groups in total. The van der Waals surface area contributed by atoms with Crippen molar-refractivity contribution in [3.8, 4) is 0 Å². The molecule has 12 heteroatoms. The molecule has 27 heavy (non-hydrogen) atoms. The number of carboxylic acid groups (broad SMARTS) is 2. The number of carbonyl (C=O) groups is 2. The summed E-state index contributed by atoms with van der Waals surface area (Å²) < 4.78 is 14.7. The van der Waals surface area contributed by atoms with Gasteiger partial charge in [0, 0.05) is 6.61 Å². The molecule has 0 spiro atoms. The minimum absolute atomic E-state index is 0.0278. The maximum atomic E-state index is 9.77. The largest absolute Gasteiger partial charge is 0.479 e. The Morgan fingerprint density at radius 2 is 0.963 bits per heavy atom. The number of hydrogen-bond acceptors (Lipinski definition) is 10. The van der Waals surface area contributed by atoms with Crippen LogP contribution in [0, 0.1) is 0 Å². The molecule has 0 aromatic carbocycles. The molecule has 0 saturated carbocycles. The topological polar surface area (TPSA) is 203 Å². The number of hydrogen-bond donors (Lipinski definition) is 7. The molecule has 2 atom stereocenters. The van der Waals surface area contributed by atoms with Crippen molar-refractivity contribution in [2.45, 2.75) is 25.6 Å². The van der Waals surface area contributed by atoms with E-state index in [0.29, 0.717) is 33.0 Å². The van der Waals surface area contributed by atoms with Gasteiger partial charge in [0.05, 0.1) is 52.9 Å². The molecule has 0 rings (SSSR count). The van der Waals surface area contributed by atoms with Gasteiger partial charge in [-0.05, 0) is 6.42 Å². The fraction of sp³-hybridized carbons (Fsp3) is 0.867. The third kappa shape index (κ3) is 27.0. The van der Waals surface area contributed by atoms with E-state index >= 15 is 0 Å². The lowest BCUT2D eigenvalue weighted by Gasteiger charge is -2.07. The van der Waals surface area contributed by atoms with E-state index in [1.807, 2.05) is 0 Å². The molecule has 12 nitrogen and oxygen atoms in total. The van der Waals surface area contributed by atoms with Crippen LogP contribution < -0.4 is 0 Å². The van der Waals surface area contributed by atoms with Crippen molar-refractivity contribution >= 4 is 11.9 Å². The van der Waals surface area contributed by atoms with Crippen molar-refractivity contribution in [3.05, 3.63) is 0 Å². The first kappa shape index (κ1) is 30.4. The molecule has 164 valence electrons. The molecule has 0 radical (unpaired) electrons. The number of carboxylic acids is 2. The lowest BCUT2D eigenvalue weighted by atomic mass is 10.2. The Morgan fingerprint density at radius 3 is 1.22 bits per heavy atom. The molecule has 0 aliphatic rings. The van der Waals surface area contributed by atoms with Gasteiger partial charge in [-0.25, -0.2) is 9.59 Å². The van der Waals surface area contributed by atoms with Gasteiger partial charge in [0.1, 0.15) is 0 Å². The van der Waals surface area contributed by atoms with Crippen LogP contribution in [0.1, 0.15) is 13.3 Å². The van der Waals surface area contributed by atoms with Crippen LogP contribution in [0.3, 0.4) is 0 Å². The average Bonchev–Trinajstić information content (AvgIpc) is 2.64. The van der Waals surface area contributed by atoms with Gasteiger partial charge in [-0.3, -0.25) is 0 Å². The van der Waals surface area contributed by atoms with Crippen LogP contribution in [-0.4, -0.2) is 119 Å². The first-order chi connectivity index (χ1) is 12.8. The Kier molecular flexibility index (Phi) is 27.7. The zero-order chi connectivity index (χ0) is 21.5. The molecule has 2 unspecified atom stereocenters. The summed E-state index contributed by atoms with van der Waals surface area (Å²) >= 11 is 0. The van der Waals surface area contributed by atoms with Gasteiger partial charge in [0.15, 0.2) is 12.2 Å². The summed E-state index contributed by atoms with van der Waals surface area (Å²) in [6.07, 6.45) is -3.49. The summed E-state index contributed by atoms with van der Waals surface area (Å²) in [5.41, 5.74) is 0. The van der Waals surface area contributed by atoms with Crippen molar-refractivity contribution in [2.75, 3.05) is 59.5 Å². The average molecular weight is 404 g/mol. The molecule has 0 aliphatic heterocycles. The van der Waals surface area contributed by atoms with E-state index < -0.39 is 24.1 Å². The van der Waals surface area contributed by atoms with Gasteiger partial charge in [-0.15, -0.1) is 0 Å². The van der Waals surface area contributed by atoms with E-state index in [0.717, 1.165) is 13.0 Å². The highest BCUT2D eigenvalue weighted by molar-refractivity contribution is 5.83. The fourth-order valence-electron chi connectivity index (χ4n) is 1.03. The van der Waals surface area contributed by atoms with Crippen LogP contribution in [0.5, 0.6) is 0 Å². The summed E-state index contributed by atoms with van der Waals surface area (Å²) in [7, 11) is 0. The predicted octanol–water partition coefficient (Wildman–Crippen LogP) is -2.71. The van der Waals surface area contributed by atoms with E-state index in [4.69, 9.17) is 45.2 Å². The van der Waals surface area contributed by atoms with Gasteiger partial charge < -0.3 is 50.0 Å². The summed E-state index contributed by atoms with van der Waals surface area (Å²) in [6, 6.07) is 0. The normalized spacial score (nSPS) is 12.1. The Balaban J connectivity index is -0.000000326. The zero-order valence-corrected chi connectivity index (χ0v) is 15.4. The van der Waals surface area contributed by atoms with Crippen LogP contribution in [0.2, 0.25) is 0 Å². The number of aliphatic hydroxyl groups excluding tert-OH is 5. The highest BCUT2D eigenvalue weighted by Gasteiger charge is 2.29. The lowest BCUT2D eigenvalue weighted by Crippen LogP contribution is -2.39. The maximum absolute atomic E-state index is 9.77. The molecular weight excluding hydrogens is 372 g/mol. The van der Waals surface area contributed by atoms with E-state index in [1.165, 1.54) is 0 Å². The quantitative estimate of drug-likeness (QED) is 0.148. The second-order valence-electron chi connectivity index (χ2n) is 4.57. The fourth-order valence-corrected chi connectivity index (χ4v) is 1.03. The SMILES string of the molecule is CCCOCCOCCO.O=C(O)C(O)C(O)C(=O)O.OCCOCCO. The zero-order valence-electron chi connectivity index (χ0n) is 15.4. The van der Waals surface area contributed by atoms with Crippen LogP contribution in [0.4, 0.5) is 0 Å². The minimum Gasteiger partial charge on any atom is -0.479 e. The number of aliphatic carboxylic acids is 2. The molecular formula is C15H32O12. The Hall–Kier alpha value is -1.38. The van der Waals surface area contributed by atoms with Crippen molar-refractivity contribution in [2.24, 2.45) is 0 Å². The maximum Gasteiger partial charge on any atom is 0.335 e. The molecule has 0 amide bonds. The Labute approximate surface area is 157 Å². The van der Waals surface area contributed by atoms with Gasteiger partial charge in [0.2, 0.25) is 0 Å². The molecule has 0 aromatic rings. The highest BCUT2D eigenvalue weighted by Crippen LogP contribution is 1.92. The minimum atomic E-state index is -2.27. The smallest absolute Gasteiger partial charge is 0.335 e. The van der Waals surface area contributed by atoms with Crippen molar-refractivity contribution in [1.82, 2.24) is 0 Å². The van der Waals surface area contributed by atoms with Crippen LogP contribution in [-0.2, 0) is 23.8 Å². The monoisotopic (exact) mass is 404 g/mol. The molecule has 0 heterocycles. The second-order valence-corrected chi connectivity index (χ2v) is 4.57. The van der Waals surface area contributed by atoms with Crippen LogP contribution in [0.25, 0.3) is 0 Å². The summed E-state index contributed by atoms with van der Waals surface area (Å²) in [4.78, 5) is 19.5. The van der Waals surface area contributed by atoms with Crippen LogP contribution >= 0.6 is 0 Å². The standard InChI is InChI=1S/C7H16O3.C4H6O6.C4H10O3/c1-2-4-9-6-7-10-5-3-8;5-1(3(7)8)2(6)4(9)10;5-1-3-7-4-2-6/h8H,2-7H2,1H3;1-2,5-6H,(H,7,8)(H,9,10);5-6H,1-4H2. The highest BCUT2D eigenvalue weighted by atomic mass is 16.5. The van der Waals surface area contributed by atoms with Gasteiger partial charge in [0.25, 0.3) is 0 Å². The lowest BCUT2D eigenvalue weighted by molar-refractivity contribution is -0.165. The second kappa shape index (κ2) is 24.6. The van der Waals surface area contributed by atoms with Crippen molar-refractivity contribution < 1.29 is 59.5 Å². The van der Waals surface area contributed by atoms with E-state index in [9.17, 15) is 9.59 Å². The third-order valence-corrected chi connectivity index (χ3v) is 2.23. The van der Waals surface area contributed by atoms with E-state index in [1.54, 1.807) is 0 Å². The first-order valence-corrected chi connectivity index (χ1v) is 8.17. The van der Waals surface area contributed by atoms with Gasteiger partial charge in [-0.2, -0.15) is 0 Å². The number of aliphatic hydroxyl groups is 5. The van der Waals surface area contributed by atoms with Gasteiger partial charge in [-0.1, -0.05) is 6.92 Å². The van der Waals surface area contributed by atoms with Crippen molar-refractivity contribution in [3.63, 3.8) is 0 Å². The van der Waals surface area contributed by atoms with Crippen LogP contribution in [0.15, 0.2) is 0 Å². The molecule has 0 fully saturated rings. The van der Waals surface area contributed by atoms with E-state index in [-0.39, 0.29) is 19.8 Å². The summed E-state index contributed by atoms with van der Waals surface area (Å²) in [5, 5.41) is 57.0. The predicted molar refractivity (Wildman–Crippen MR) is 91.3 cm³/mol. The first-order valence-electron chi connectivity index (χ1n) is 8.17. The summed E-state index contributed by atoms with van der Waals surface area (Å²) in [6.45, 7) is 5.27. The molecule has 0 aliphatic carbocycles. The van der Waals surface area contributed by atoms with Crippen molar-refractivity contribution in [1.29, 1.82) is 0 Å². The number of ether oxygens (including phenoxy) is 3. The Morgan fingerprint density at radius 1 is 0.667 bits per heavy atom. The molecule has 0 saturated heterocycles. The van der Waals surface area contributed by atoms with Gasteiger partial charge >= 0.3 is 11.9 Å². The Bertz CT molecular complexity index is 296. The molecule has 0 aromatic heterocycles. The third-order valence-electron chi connectivity index (χ3n) is 2.23.